The molecule has 1 aliphatic rings. The quantitative estimate of drug-likeness (QED) is 0.841. The molecule has 0 amide bonds. The number of hydrogen-bond donors (Lipinski definition) is 2. The second-order valence-electron chi connectivity index (χ2n) is 5.13. The summed E-state index contributed by atoms with van der Waals surface area (Å²) in [6, 6.07) is 3.54. The fourth-order valence-corrected chi connectivity index (χ4v) is 4.33. The Balaban J connectivity index is 2.37. The molecule has 1 fully saturated rings. The smallest absolute Gasteiger partial charge is 0.324 e. The molecule has 1 aromatic carbocycles. The monoisotopic (exact) mass is 379 g/mol. The maximum absolute atomic E-state index is 13.8. The second-order valence-corrected chi connectivity index (χ2v) is 7.69. The molecular weight excluding hydrogens is 365 g/mol. The van der Waals surface area contributed by atoms with Gasteiger partial charge in [0.05, 0.1) is 0 Å². The number of carboxylic acid groups (broad SMARTS) is 1. The average molecular weight is 380 g/mol. The van der Waals surface area contributed by atoms with Gasteiger partial charge in [0.2, 0.25) is 10.0 Å². The Bertz CT molecular complexity index is 656. The Kier molecular flexibility index (Phi) is 4.69. The SMILES string of the molecule is O=C(O)C1(NS(=O)(=O)c2ccc(Br)cc2F)CCCCC1. The number of sulfonamides is 1. The zero-order valence-corrected chi connectivity index (χ0v) is 13.5. The first-order valence-electron chi connectivity index (χ1n) is 6.49. The molecular formula is C13H15BrFNO4S. The number of benzene rings is 1. The number of halogens is 2. The van der Waals surface area contributed by atoms with Crippen molar-refractivity contribution in [2.24, 2.45) is 0 Å². The summed E-state index contributed by atoms with van der Waals surface area (Å²) in [7, 11) is -4.24. The van der Waals surface area contributed by atoms with Crippen molar-refractivity contribution in [3.8, 4) is 0 Å². The molecule has 0 bridgehead atoms. The number of carboxylic acids is 1. The van der Waals surface area contributed by atoms with E-state index >= 15 is 0 Å². The van der Waals surface area contributed by atoms with Crippen LogP contribution in [0.25, 0.3) is 0 Å². The molecule has 2 N–H and O–H groups in total. The van der Waals surface area contributed by atoms with E-state index < -0.39 is 32.2 Å². The van der Waals surface area contributed by atoms with Crippen molar-refractivity contribution in [3.05, 3.63) is 28.5 Å². The highest BCUT2D eigenvalue weighted by atomic mass is 79.9. The lowest BCUT2D eigenvalue weighted by atomic mass is 9.83. The summed E-state index contributed by atoms with van der Waals surface area (Å²) in [5.41, 5.74) is -1.55. The first-order chi connectivity index (χ1) is 9.77. The summed E-state index contributed by atoms with van der Waals surface area (Å²) in [5, 5.41) is 9.38. The number of nitrogens with one attached hydrogen (secondary N) is 1. The van der Waals surface area contributed by atoms with Crippen LogP contribution < -0.4 is 4.72 Å². The maximum Gasteiger partial charge on any atom is 0.324 e. The summed E-state index contributed by atoms with van der Waals surface area (Å²) in [5.74, 6) is -2.14. The molecule has 8 heteroatoms. The van der Waals surface area contributed by atoms with Gasteiger partial charge in [-0.15, -0.1) is 0 Å². The first kappa shape index (κ1) is 16.4. The standard InChI is InChI=1S/C13H15BrFNO4S/c14-9-4-5-11(10(15)8-9)21(19,20)16-13(12(17)18)6-2-1-3-7-13/h4-5,8,16H,1-3,6-7H2,(H,17,18). The van der Waals surface area contributed by atoms with Crippen molar-refractivity contribution in [3.63, 3.8) is 0 Å². The summed E-state index contributed by atoms with van der Waals surface area (Å²) in [6.07, 6.45) is 2.53. The molecule has 0 atom stereocenters. The van der Waals surface area contributed by atoms with Crippen LogP contribution in [0.2, 0.25) is 0 Å². The van der Waals surface area contributed by atoms with Gasteiger partial charge in [-0.2, -0.15) is 4.72 Å². The van der Waals surface area contributed by atoms with Gasteiger partial charge in [0, 0.05) is 4.47 Å². The van der Waals surface area contributed by atoms with Gasteiger partial charge in [-0.25, -0.2) is 12.8 Å². The van der Waals surface area contributed by atoms with Crippen LogP contribution in [-0.2, 0) is 14.8 Å². The Labute approximate surface area is 130 Å². The molecule has 1 saturated carbocycles. The number of rotatable bonds is 4. The molecule has 0 saturated heterocycles. The maximum atomic E-state index is 13.8. The summed E-state index contributed by atoms with van der Waals surface area (Å²) < 4.78 is 41.1. The molecule has 0 spiro atoms. The van der Waals surface area contributed by atoms with Crippen LogP contribution in [-0.4, -0.2) is 25.0 Å². The zero-order valence-electron chi connectivity index (χ0n) is 11.1. The van der Waals surface area contributed by atoms with E-state index in [9.17, 15) is 22.7 Å². The first-order valence-corrected chi connectivity index (χ1v) is 8.77. The minimum absolute atomic E-state index is 0.208. The van der Waals surface area contributed by atoms with E-state index in [0.717, 1.165) is 18.6 Å². The minimum Gasteiger partial charge on any atom is -0.480 e. The lowest BCUT2D eigenvalue weighted by Gasteiger charge is -2.33. The molecule has 0 unspecified atom stereocenters. The lowest BCUT2D eigenvalue weighted by Crippen LogP contribution is -2.55. The Morgan fingerprint density at radius 2 is 1.90 bits per heavy atom. The van der Waals surface area contributed by atoms with Crippen LogP contribution in [0, 0.1) is 5.82 Å². The Morgan fingerprint density at radius 3 is 2.43 bits per heavy atom. The summed E-state index contributed by atoms with van der Waals surface area (Å²) in [6.45, 7) is 0. The molecule has 0 heterocycles. The van der Waals surface area contributed by atoms with Crippen molar-refractivity contribution < 1.29 is 22.7 Å². The highest BCUT2D eigenvalue weighted by Crippen LogP contribution is 2.31. The third kappa shape index (κ3) is 3.44. The van der Waals surface area contributed by atoms with Gasteiger partial charge in [-0.05, 0) is 31.0 Å². The molecule has 1 aliphatic carbocycles. The topological polar surface area (TPSA) is 83.5 Å². The predicted octanol–water partition coefficient (Wildman–Crippen LogP) is 2.65. The third-order valence-corrected chi connectivity index (χ3v) is 5.69. The summed E-state index contributed by atoms with van der Waals surface area (Å²) >= 11 is 3.05. The van der Waals surface area contributed by atoms with E-state index in [2.05, 4.69) is 20.7 Å². The lowest BCUT2D eigenvalue weighted by molar-refractivity contribution is -0.145. The van der Waals surface area contributed by atoms with Crippen molar-refractivity contribution in [2.45, 2.75) is 42.5 Å². The van der Waals surface area contributed by atoms with Gasteiger partial charge in [-0.3, -0.25) is 4.79 Å². The van der Waals surface area contributed by atoms with Gasteiger partial charge in [0.15, 0.2) is 0 Å². The molecule has 21 heavy (non-hydrogen) atoms. The van der Waals surface area contributed by atoms with Crippen molar-refractivity contribution in [1.29, 1.82) is 0 Å². The molecule has 0 aliphatic heterocycles. The van der Waals surface area contributed by atoms with Crippen LogP contribution in [0.4, 0.5) is 4.39 Å². The fraction of sp³-hybridized carbons (Fsp3) is 0.462. The van der Waals surface area contributed by atoms with Crippen LogP contribution in [0.15, 0.2) is 27.6 Å². The zero-order chi connectivity index (χ0) is 15.7. The van der Waals surface area contributed by atoms with Crippen LogP contribution in [0.1, 0.15) is 32.1 Å². The van der Waals surface area contributed by atoms with E-state index in [1.165, 1.54) is 6.07 Å². The van der Waals surface area contributed by atoms with E-state index in [4.69, 9.17) is 0 Å². The van der Waals surface area contributed by atoms with Gasteiger partial charge in [0.1, 0.15) is 16.3 Å². The average Bonchev–Trinajstić information content (AvgIpc) is 2.38. The molecule has 116 valence electrons. The Morgan fingerprint density at radius 1 is 1.29 bits per heavy atom. The van der Waals surface area contributed by atoms with E-state index in [1.807, 2.05) is 0 Å². The molecule has 5 nitrogen and oxygen atoms in total. The number of aliphatic carboxylic acids is 1. The molecule has 2 rings (SSSR count). The van der Waals surface area contributed by atoms with Crippen molar-refractivity contribution in [1.82, 2.24) is 4.72 Å². The second kappa shape index (κ2) is 6.02. The normalized spacial score (nSPS) is 18.4. The molecule has 0 radical (unpaired) electrons. The van der Waals surface area contributed by atoms with Gasteiger partial charge in [0.25, 0.3) is 0 Å². The van der Waals surface area contributed by atoms with Gasteiger partial charge in [-0.1, -0.05) is 35.2 Å². The van der Waals surface area contributed by atoms with Crippen molar-refractivity contribution >= 4 is 31.9 Å². The van der Waals surface area contributed by atoms with Crippen LogP contribution >= 0.6 is 15.9 Å². The fourth-order valence-electron chi connectivity index (χ4n) is 2.52. The van der Waals surface area contributed by atoms with Gasteiger partial charge >= 0.3 is 5.97 Å². The largest absolute Gasteiger partial charge is 0.480 e. The van der Waals surface area contributed by atoms with E-state index in [1.54, 1.807) is 0 Å². The van der Waals surface area contributed by atoms with E-state index in [0.29, 0.717) is 17.3 Å². The molecule has 0 aromatic heterocycles. The Hall–Kier alpha value is -0.990. The van der Waals surface area contributed by atoms with E-state index in [-0.39, 0.29) is 12.8 Å². The predicted molar refractivity (Wildman–Crippen MR) is 77.9 cm³/mol. The number of carbonyl (C=O) groups is 1. The summed E-state index contributed by atoms with van der Waals surface area (Å²) in [4.78, 5) is 11.0. The van der Waals surface area contributed by atoms with Crippen LogP contribution in [0.5, 0.6) is 0 Å². The third-order valence-electron chi connectivity index (χ3n) is 3.63. The van der Waals surface area contributed by atoms with Crippen LogP contribution in [0.3, 0.4) is 0 Å². The minimum atomic E-state index is -4.24. The highest BCUT2D eigenvalue weighted by molar-refractivity contribution is 9.10. The van der Waals surface area contributed by atoms with Crippen molar-refractivity contribution in [2.75, 3.05) is 0 Å². The number of hydrogen-bond acceptors (Lipinski definition) is 3. The van der Waals surface area contributed by atoms with Gasteiger partial charge < -0.3 is 5.11 Å². The molecule has 1 aromatic rings. The highest BCUT2D eigenvalue weighted by Gasteiger charge is 2.43.